The first-order valence-electron chi connectivity index (χ1n) is 9.04. The van der Waals surface area contributed by atoms with Crippen LogP contribution in [0.3, 0.4) is 0 Å². The normalized spacial score (nSPS) is 10.0. The zero-order valence-corrected chi connectivity index (χ0v) is 22.0. The summed E-state index contributed by atoms with van der Waals surface area (Å²) in [6, 6.07) is 0. The molecule has 0 aliphatic heterocycles. The predicted octanol–water partition coefficient (Wildman–Crippen LogP) is -4.54. The zero-order chi connectivity index (χ0) is 19.6. The maximum atomic E-state index is 10.4. The molecule has 1 N–H and O–H groups in total. The van der Waals surface area contributed by atoms with E-state index < -0.39 is 34.9 Å². The Morgan fingerprint density at radius 3 is 1.26 bits per heavy atom. The second kappa shape index (κ2) is 24.9. The number of carboxylic acids is 2. The van der Waals surface area contributed by atoms with E-state index in [1.807, 2.05) is 0 Å². The summed E-state index contributed by atoms with van der Waals surface area (Å²) < 4.78 is 29.4. The van der Waals surface area contributed by atoms with Crippen LogP contribution in [0.2, 0.25) is 0 Å². The molecule has 0 atom stereocenters. The second-order valence-corrected chi connectivity index (χ2v) is 7.64. The summed E-state index contributed by atoms with van der Waals surface area (Å²) >= 11 is 0. The third-order valence-corrected chi connectivity index (χ3v) is 4.34. The van der Waals surface area contributed by atoms with Crippen molar-refractivity contribution in [1.29, 1.82) is 0 Å². The number of carbonyl (C=O) groups excluding carboxylic acids is 2. The van der Waals surface area contributed by atoms with Crippen LogP contribution in [0, 0.1) is 0 Å². The van der Waals surface area contributed by atoms with Gasteiger partial charge in [-0.25, -0.2) is 0 Å². The van der Waals surface area contributed by atoms with Crippen molar-refractivity contribution < 1.29 is 91.9 Å². The molecule has 10 heteroatoms. The third kappa shape index (κ3) is 42.1. The Kier molecular flexibility index (Phi) is 32.5. The smallest absolute Gasteiger partial charge is 0.550 e. The van der Waals surface area contributed by atoms with Gasteiger partial charge in [-0.1, -0.05) is 71.1 Å². The van der Waals surface area contributed by atoms with Crippen molar-refractivity contribution in [2.75, 3.05) is 5.75 Å². The number of carboxylic acid groups (broad SMARTS) is 2. The number of rotatable bonds is 15. The maximum Gasteiger partial charge on any atom is 1.00 e. The van der Waals surface area contributed by atoms with Crippen molar-refractivity contribution in [2.24, 2.45) is 0 Å². The van der Waals surface area contributed by atoms with Gasteiger partial charge in [0.15, 0.2) is 0 Å². The third-order valence-electron chi connectivity index (χ3n) is 3.54. The molecule has 0 radical (unpaired) electrons. The molecule has 0 unspecified atom stereocenters. The van der Waals surface area contributed by atoms with Crippen LogP contribution in [0.25, 0.3) is 0 Å². The van der Waals surface area contributed by atoms with Gasteiger partial charge in [0.05, 0.1) is 5.75 Å². The molecular weight excluding hydrogens is 394 g/mol. The summed E-state index contributed by atoms with van der Waals surface area (Å²) in [5, 5.41) is 19.0. The van der Waals surface area contributed by atoms with E-state index in [9.17, 15) is 28.2 Å². The van der Waals surface area contributed by atoms with E-state index in [4.69, 9.17) is 4.55 Å². The minimum absolute atomic E-state index is 0. The van der Waals surface area contributed by atoms with Crippen molar-refractivity contribution in [1.82, 2.24) is 0 Å². The number of hydrogen-bond donors (Lipinski definition) is 1. The fourth-order valence-corrected chi connectivity index (χ4v) is 2.72. The largest absolute Gasteiger partial charge is 1.00 e. The van der Waals surface area contributed by atoms with Crippen LogP contribution >= 0.6 is 0 Å². The molecule has 0 saturated heterocycles. The van der Waals surface area contributed by atoms with Crippen molar-refractivity contribution in [3.05, 3.63) is 0 Å². The Labute approximate surface area is 208 Å². The van der Waals surface area contributed by atoms with Gasteiger partial charge in [-0.05, 0) is 19.3 Å². The summed E-state index contributed by atoms with van der Waals surface area (Å²) in [6.07, 6.45) is 12.1. The van der Waals surface area contributed by atoms with Crippen molar-refractivity contribution >= 4 is 22.1 Å². The minimum atomic E-state index is -3.73. The molecule has 0 spiro atoms. The molecule has 0 rings (SSSR count). The first kappa shape index (κ1) is 35.3. The Hall–Kier alpha value is 0.850. The molecule has 27 heavy (non-hydrogen) atoms. The van der Waals surface area contributed by atoms with Crippen LogP contribution in [-0.2, 0) is 19.7 Å². The number of hydrogen-bond acceptors (Lipinski definition) is 6. The van der Waals surface area contributed by atoms with E-state index in [2.05, 4.69) is 6.92 Å². The van der Waals surface area contributed by atoms with Crippen LogP contribution < -0.4 is 69.3 Å². The first-order valence-corrected chi connectivity index (χ1v) is 10.6. The number of unbranched alkanes of at least 4 members (excludes halogenated alkanes) is 10. The molecule has 0 fully saturated rings. The molecule has 0 aromatic heterocycles. The Morgan fingerprint density at radius 1 is 0.704 bits per heavy atom. The van der Waals surface area contributed by atoms with E-state index in [0.29, 0.717) is 6.42 Å². The van der Waals surface area contributed by atoms with Gasteiger partial charge in [-0.2, -0.15) is 8.42 Å². The van der Waals surface area contributed by atoms with E-state index in [1.54, 1.807) is 0 Å². The van der Waals surface area contributed by atoms with Gasteiger partial charge in [0.25, 0.3) is 10.1 Å². The molecule has 0 saturated carbocycles. The van der Waals surface area contributed by atoms with Crippen molar-refractivity contribution in [2.45, 2.75) is 90.4 Å². The molecule has 0 aromatic rings. The zero-order valence-electron chi connectivity index (χ0n) is 17.2. The minimum Gasteiger partial charge on any atom is -0.550 e. The van der Waals surface area contributed by atoms with Gasteiger partial charge in [-0.15, -0.1) is 0 Å². The molecular formula is C17H32Na2O7S. The second-order valence-electron chi connectivity index (χ2n) is 6.07. The fraction of sp³-hybridized carbons (Fsp3) is 0.882. The molecule has 0 heterocycles. The average molecular weight is 426 g/mol. The quantitative estimate of drug-likeness (QED) is 0.158. The molecule has 7 nitrogen and oxygen atoms in total. The molecule has 0 bridgehead atoms. The van der Waals surface area contributed by atoms with Crippen molar-refractivity contribution in [3.63, 3.8) is 0 Å². The van der Waals surface area contributed by atoms with Crippen molar-refractivity contribution in [3.8, 4) is 0 Å². The van der Waals surface area contributed by atoms with Gasteiger partial charge in [0.2, 0.25) is 0 Å². The van der Waals surface area contributed by atoms with E-state index >= 15 is 0 Å². The van der Waals surface area contributed by atoms with Gasteiger partial charge in [0.1, 0.15) is 0 Å². The average Bonchev–Trinajstić information content (AvgIpc) is 2.50. The number of carbonyl (C=O) groups is 2. The van der Waals surface area contributed by atoms with E-state index in [-0.39, 0.29) is 64.9 Å². The monoisotopic (exact) mass is 426 g/mol. The molecule has 0 amide bonds. The van der Waals surface area contributed by atoms with Gasteiger partial charge in [-0.3, -0.25) is 4.55 Å². The van der Waals surface area contributed by atoms with E-state index in [0.717, 1.165) is 12.8 Å². The summed E-state index contributed by atoms with van der Waals surface area (Å²) in [4.78, 5) is 19.0. The molecule has 0 aliphatic rings. The summed E-state index contributed by atoms with van der Waals surface area (Å²) in [5.74, 6) is -2.81. The SMILES string of the molecule is CCCCCCCCCCCCCS(=O)(=O)O.O=C([O-])CCC(=O)[O-].[Na+].[Na+]. The van der Waals surface area contributed by atoms with Gasteiger partial charge < -0.3 is 19.8 Å². The van der Waals surface area contributed by atoms with Crippen LogP contribution in [0.15, 0.2) is 0 Å². The Bertz CT molecular complexity index is 429. The standard InChI is InChI=1S/C13H28O3S.C4H6O4.2Na/c1-2-3-4-5-6-7-8-9-10-11-12-13-17(14,15)16;5-3(6)1-2-4(7)8;;/h2-13H2,1H3,(H,14,15,16);1-2H2,(H,5,6)(H,7,8);;/q;;2*+1/p-2. The van der Waals surface area contributed by atoms with Gasteiger partial charge in [0, 0.05) is 11.9 Å². The molecule has 150 valence electrons. The Balaban J connectivity index is -0.000000226. The van der Waals surface area contributed by atoms with Gasteiger partial charge >= 0.3 is 59.1 Å². The summed E-state index contributed by atoms with van der Waals surface area (Å²) in [7, 11) is -3.73. The summed E-state index contributed by atoms with van der Waals surface area (Å²) in [6.45, 7) is 2.23. The number of aliphatic carboxylic acids is 2. The predicted molar refractivity (Wildman–Crippen MR) is 92.1 cm³/mol. The first-order chi connectivity index (χ1) is 11.7. The fourth-order valence-electron chi connectivity index (χ4n) is 2.15. The maximum absolute atomic E-state index is 10.4. The van der Waals surface area contributed by atoms with Crippen LogP contribution in [0.5, 0.6) is 0 Å². The molecule has 0 aromatic carbocycles. The summed E-state index contributed by atoms with van der Waals surface area (Å²) in [5.41, 5.74) is 0. The van der Waals surface area contributed by atoms with Crippen LogP contribution in [0.4, 0.5) is 0 Å². The van der Waals surface area contributed by atoms with Crippen LogP contribution in [-0.4, -0.2) is 30.7 Å². The van der Waals surface area contributed by atoms with Crippen LogP contribution in [0.1, 0.15) is 90.4 Å². The van der Waals surface area contributed by atoms with E-state index in [1.165, 1.54) is 51.4 Å². The molecule has 0 aliphatic carbocycles. The topological polar surface area (TPSA) is 135 Å². The Morgan fingerprint density at radius 2 is 1.00 bits per heavy atom.